The number of ether oxygens (including phenoxy) is 3. The Labute approximate surface area is 223 Å². The van der Waals surface area contributed by atoms with E-state index in [1.54, 1.807) is 58.0 Å². The van der Waals surface area contributed by atoms with Crippen LogP contribution in [0.25, 0.3) is 11.1 Å². The van der Waals surface area contributed by atoms with E-state index < -0.39 is 18.2 Å². The third-order valence-electron chi connectivity index (χ3n) is 5.27. The maximum absolute atomic E-state index is 12.2. The number of aliphatic hydroxyl groups is 1. The Morgan fingerprint density at radius 3 is 1.87 bits per heavy atom. The molecule has 0 aliphatic carbocycles. The zero-order chi connectivity index (χ0) is 27.8. The molecule has 0 spiro atoms. The molecule has 6 heteroatoms. The van der Waals surface area contributed by atoms with Gasteiger partial charge in [0, 0.05) is 16.7 Å². The molecule has 38 heavy (non-hydrogen) atoms. The lowest BCUT2D eigenvalue weighted by Crippen LogP contribution is -2.16. The van der Waals surface area contributed by atoms with Crippen molar-refractivity contribution in [2.45, 2.75) is 34.0 Å². The van der Waals surface area contributed by atoms with Gasteiger partial charge in [-0.1, -0.05) is 57.0 Å². The first-order chi connectivity index (χ1) is 18.0. The summed E-state index contributed by atoms with van der Waals surface area (Å²) >= 11 is 0. The molecule has 0 amide bonds. The maximum Gasteiger partial charge on any atom is 0.338 e. The molecule has 1 atom stereocenters. The van der Waals surface area contributed by atoms with Crippen LogP contribution in [0.15, 0.2) is 91.0 Å². The second kappa shape index (κ2) is 12.6. The Balaban J connectivity index is 1.78. The first-order valence-electron chi connectivity index (χ1n) is 12.0. The van der Waals surface area contributed by atoms with Crippen LogP contribution in [-0.2, 0) is 9.59 Å². The fraction of sp³-hybridized carbons (Fsp3) is 0.188. The molecule has 1 unspecified atom stereocenters. The minimum Gasteiger partial charge on any atom is -0.461 e. The molecule has 0 fully saturated rings. The molecule has 0 heterocycles. The standard InChI is InChI=1S/C32H30O6/c1-20(2)30(33)36-27-16-11-24(12-17-27)8-7-23-9-13-25(14-10-23)26-15-18-28(37-31(34)21(3)4)29(19-26)38-32(35)22(5)6/h9-19,22,30,33H,1,3H2,2,4-6H3. The molecule has 0 bridgehead atoms. The highest BCUT2D eigenvalue weighted by Crippen LogP contribution is 2.34. The van der Waals surface area contributed by atoms with Gasteiger partial charge in [-0.15, -0.1) is 0 Å². The number of hydrogen-bond donors (Lipinski definition) is 1. The van der Waals surface area contributed by atoms with Gasteiger partial charge in [-0.2, -0.15) is 0 Å². The molecule has 0 aliphatic rings. The van der Waals surface area contributed by atoms with E-state index in [1.165, 1.54) is 0 Å². The molecule has 0 radical (unpaired) electrons. The average Bonchev–Trinajstić information content (AvgIpc) is 2.89. The molecule has 0 saturated carbocycles. The Morgan fingerprint density at radius 1 is 0.789 bits per heavy atom. The normalized spacial score (nSPS) is 11.1. The van der Waals surface area contributed by atoms with Crippen LogP contribution < -0.4 is 14.2 Å². The predicted molar refractivity (Wildman–Crippen MR) is 147 cm³/mol. The van der Waals surface area contributed by atoms with Crippen molar-refractivity contribution in [2.24, 2.45) is 5.92 Å². The zero-order valence-electron chi connectivity index (χ0n) is 21.9. The predicted octanol–water partition coefficient (Wildman–Crippen LogP) is 6.07. The molecule has 0 saturated heterocycles. The highest BCUT2D eigenvalue weighted by Gasteiger charge is 2.17. The highest BCUT2D eigenvalue weighted by molar-refractivity contribution is 5.89. The summed E-state index contributed by atoms with van der Waals surface area (Å²) in [6, 6.07) is 19.7. The average molecular weight is 511 g/mol. The van der Waals surface area contributed by atoms with E-state index in [0.29, 0.717) is 11.3 Å². The lowest BCUT2D eigenvalue weighted by atomic mass is 10.0. The molecular formula is C32H30O6. The minimum absolute atomic E-state index is 0.142. The number of carbonyl (C=O) groups excluding carboxylic acids is 2. The van der Waals surface area contributed by atoms with E-state index in [-0.39, 0.29) is 23.0 Å². The summed E-state index contributed by atoms with van der Waals surface area (Å²) in [6.07, 6.45) is -1.05. The van der Waals surface area contributed by atoms with Gasteiger partial charge in [0.2, 0.25) is 6.29 Å². The molecular weight excluding hydrogens is 480 g/mol. The van der Waals surface area contributed by atoms with Crippen LogP contribution in [0.2, 0.25) is 0 Å². The monoisotopic (exact) mass is 510 g/mol. The van der Waals surface area contributed by atoms with Gasteiger partial charge in [0.15, 0.2) is 11.5 Å². The number of hydrogen-bond acceptors (Lipinski definition) is 6. The van der Waals surface area contributed by atoms with Crippen molar-refractivity contribution in [3.63, 3.8) is 0 Å². The SMILES string of the molecule is C=C(C)C(=O)Oc1ccc(-c2ccc(C#Cc3ccc(OC(O)C(=C)C)cc3)cc2)cc1OC(=O)C(C)C. The fourth-order valence-electron chi connectivity index (χ4n) is 3.00. The first-order valence-corrected chi connectivity index (χ1v) is 12.0. The quantitative estimate of drug-likeness (QED) is 0.0989. The van der Waals surface area contributed by atoms with Crippen LogP contribution in [0.4, 0.5) is 0 Å². The molecule has 1 N–H and O–H groups in total. The lowest BCUT2D eigenvalue weighted by molar-refractivity contribution is -0.138. The Hall–Kier alpha value is -4.60. The molecule has 194 valence electrons. The van der Waals surface area contributed by atoms with Gasteiger partial charge in [-0.3, -0.25) is 4.79 Å². The summed E-state index contributed by atoms with van der Waals surface area (Å²) < 4.78 is 16.2. The molecule has 0 aromatic heterocycles. The molecule has 6 nitrogen and oxygen atoms in total. The van der Waals surface area contributed by atoms with Gasteiger partial charge in [-0.05, 0) is 79.1 Å². The summed E-state index contributed by atoms with van der Waals surface area (Å²) in [6.45, 7) is 13.9. The van der Waals surface area contributed by atoms with Gasteiger partial charge in [0.25, 0.3) is 0 Å². The van der Waals surface area contributed by atoms with E-state index in [9.17, 15) is 14.7 Å². The van der Waals surface area contributed by atoms with Crippen molar-refractivity contribution in [2.75, 3.05) is 0 Å². The Bertz CT molecular complexity index is 1400. The minimum atomic E-state index is -1.05. The van der Waals surface area contributed by atoms with Crippen LogP contribution in [-0.4, -0.2) is 23.3 Å². The Kier molecular flexibility index (Phi) is 9.26. The van der Waals surface area contributed by atoms with Gasteiger partial charge >= 0.3 is 11.9 Å². The summed E-state index contributed by atoms with van der Waals surface area (Å²) in [7, 11) is 0. The van der Waals surface area contributed by atoms with Crippen LogP contribution in [0.3, 0.4) is 0 Å². The van der Waals surface area contributed by atoms with Crippen molar-refractivity contribution in [1.29, 1.82) is 0 Å². The number of rotatable bonds is 8. The molecule has 0 aliphatic heterocycles. The second-order valence-electron chi connectivity index (χ2n) is 9.08. The number of benzene rings is 3. The number of esters is 2. The largest absolute Gasteiger partial charge is 0.461 e. The molecule has 3 rings (SSSR count). The van der Waals surface area contributed by atoms with Gasteiger partial charge < -0.3 is 19.3 Å². The summed E-state index contributed by atoms with van der Waals surface area (Å²) in [4.78, 5) is 24.3. The van der Waals surface area contributed by atoms with Gasteiger partial charge in [0.05, 0.1) is 5.92 Å². The zero-order valence-corrected chi connectivity index (χ0v) is 21.9. The van der Waals surface area contributed by atoms with Crippen LogP contribution in [0, 0.1) is 17.8 Å². The van der Waals surface area contributed by atoms with Crippen molar-refractivity contribution in [3.05, 3.63) is 102 Å². The summed E-state index contributed by atoms with van der Waals surface area (Å²) in [5, 5.41) is 9.75. The van der Waals surface area contributed by atoms with E-state index in [1.807, 2.05) is 36.4 Å². The van der Waals surface area contributed by atoms with Crippen molar-refractivity contribution in [1.82, 2.24) is 0 Å². The summed E-state index contributed by atoms with van der Waals surface area (Å²) in [5.74, 6) is 5.65. The van der Waals surface area contributed by atoms with Crippen LogP contribution >= 0.6 is 0 Å². The van der Waals surface area contributed by atoms with Gasteiger partial charge in [-0.25, -0.2) is 4.79 Å². The third-order valence-corrected chi connectivity index (χ3v) is 5.27. The number of carbonyl (C=O) groups is 2. The number of aliphatic hydroxyl groups excluding tert-OH is 1. The van der Waals surface area contributed by atoms with Crippen LogP contribution in [0.5, 0.6) is 17.2 Å². The molecule has 3 aromatic carbocycles. The van der Waals surface area contributed by atoms with E-state index >= 15 is 0 Å². The fourth-order valence-corrected chi connectivity index (χ4v) is 3.00. The first kappa shape index (κ1) is 28.0. The van der Waals surface area contributed by atoms with Crippen molar-refractivity contribution < 1.29 is 28.9 Å². The smallest absolute Gasteiger partial charge is 0.338 e. The van der Waals surface area contributed by atoms with E-state index in [4.69, 9.17) is 14.2 Å². The van der Waals surface area contributed by atoms with E-state index in [0.717, 1.165) is 22.3 Å². The van der Waals surface area contributed by atoms with Crippen molar-refractivity contribution >= 4 is 11.9 Å². The third kappa shape index (κ3) is 7.70. The van der Waals surface area contributed by atoms with Gasteiger partial charge in [0.1, 0.15) is 5.75 Å². The second-order valence-corrected chi connectivity index (χ2v) is 9.08. The van der Waals surface area contributed by atoms with Crippen molar-refractivity contribution in [3.8, 4) is 40.2 Å². The lowest BCUT2D eigenvalue weighted by Gasteiger charge is -2.13. The van der Waals surface area contributed by atoms with Crippen LogP contribution in [0.1, 0.15) is 38.8 Å². The topological polar surface area (TPSA) is 82.1 Å². The van der Waals surface area contributed by atoms with E-state index in [2.05, 4.69) is 25.0 Å². The summed E-state index contributed by atoms with van der Waals surface area (Å²) in [5.41, 5.74) is 4.00. The highest BCUT2D eigenvalue weighted by atomic mass is 16.6. The molecule has 3 aromatic rings. The Morgan fingerprint density at radius 2 is 1.34 bits per heavy atom. The maximum atomic E-state index is 12.2.